The summed E-state index contributed by atoms with van der Waals surface area (Å²) in [6.45, 7) is 1.78. The van der Waals surface area contributed by atoms with Gasteiger partial charge in [0.1, 0.15) is 29.4 Å². The molecule has 0 aliphatic rings. The molecule has 0 radical (unpaired) electrons. The Kier molecular flexibility index (Phi) is 5.59. The third-order valence-electron chi connectivity index (χ3n) is 4.50. The number of carbonyl (C=O) groups is 1. The zero-order chi connectivity index (χ0) is 23.0. The minimum absolute atomic E-state index is 0.0455. The number of benzene rings is 2. The van der Waals surface area contributed by atoms with Crippen LogP contribution in [-0.4, -0.2) is 21.0 Å². The summed E-state index contributed by atoms with van der Waals surface area (Å²) >= 11 is 1.16. The highest BCUT2D eigenvalue weighted by molar-refractivity contribution is 7.15. The molecule has 166 valence electrons. The van der Waals surface area contributed by atoms with Crippen LogP contribution in [-0.2, 0) is 24.0 Å². The standard InChI is InChI=1S/C21H14F4N2O4S/c1-10-16(32-20(26-10)11-5-6-12(13(22)7-11)21(23,24)25)9-30-15-4-2-3-14-19(15)31-17(27-14)8-18(28)29/h2-7H,8-9H2,1H3,(H,28,29). The maximum absolute atomic E-state index is 13.9. The van der Waals surface area contributed by atoms with Crippen molar-refractivity contribution in [3.8, 4) is 16.3 Å². The van der Waals surface area contributed by atoms with E-state index >= 15 is 0 Å². The summed E-state index contributed by atoms with van der Waals surface area (Å²) in [6, 6.07) is 7.66. The first kappa shape index (κ1) is 21.8. The van der Waals surface area contributed by atoms with Crippen molar-refractivity contribution in [1.82, 2.24) is 9.97 Å². The second-order valence-electron chi connectivity index (χ2n) is 6.79. The second-order valence-corrected chi connectivity index (χ2v) is 7.87. The predicted molar refractivity (Wildman–Crippen MR) is 107 cm³/mol. The van der Waals surface area contributed by atoms with E-state index in [0.717, 1.165) is 17.4 Å². The van der Waals surface area contributed by atoms with Gasteiger partial charge in [0.15, 0.2) is 11.3 Å². The minimum atomic E-state index is -4.77. The topological polar surface area (TPSA) is 85.5 Å². The molecule has 0 amide bonds. The largest absolute Gasteiger partial charge is 0.484 e. The summed E-state index contributed by atoms with van der Waals surface area (Å²) in [5.74, 6) is -2.05. The monoisotopic (exact) mass is 466 g/mol. The number of ether oxygens (including phenoxy) is 1. The molecular formula is C21H14F4N2O4S. The van der Waals surface area contributed by atoms with Gasteiger partial charge in [-0.3, -0.25) is 4.79 Å². The summed E-state index contributed by atoms with van der Waals surface area (Å²) in [4.78, 5) is 20.0. The Morgan fingerprint density at radius 1 is 1.22 bits per heavy atom. The van der Waals surface area contributed by atoms with Gasteiger partial charge in [-0.15, -0.1) is 11.3 Å². The number of carboxylic acids is 1. The van der Waals surface area contributed by atoms with E-state index in [1.807, 2.05) is 0 Å². The van der Waals surface area contributed by atoms with Crippen molar-refractivity contribution in [1.29, 1.82) is 0 Å². The fourth-order valence-corrected chi connectivity index (χ4v) is 3.97. The number of aryl methyl sites for hydroxylation is 1. The molecule has 4 aromatic rings. The first-order valence-electron chi connectivity index (χ1n) is 9.18. The van der Waals surface area contributed by atoms with E-state index in [0.29, 0.717) is 38.5 Å². The fourth-order valence-electron chi connectivity index (χ4n) is 3.00. The highest BCUT2D eigenvalue weighted by Crippen LogP contribution is 2.35. The molecule has 2 aromatic carbocycles. The third-order valence-corrected chi connectivity index (χ3v) is 5.68. The van der Waals surface area contributed by atoms with Crippen LogP contribution >= 0.6 is 11.3 Å². The van der Waals surface area contributed by atoms with Gasteiger partial charge in [0.2, 0.25) is 5.89 Å². The van der Waals surface area contributed by atoms with Gasteiger partial charge in [-0.05, 0) is 31.2 Å². The van der Waals surface area contributed by atoms with Crippen molar-refractivity contribution in [2.45, 2.75) is 26.1 Å². The lowest BCUT2D eigenvalue weighted by Crippen LogP contribution is -2.07. The maximum atomic E-state index is 13.9. The lowest BCUT2D eigenvalue weighted by atomic mass is 10.1. The van der Waals surface area contributed by atoms with Crippen molar-refractivity contribution < 1.29 is 36.6 Å². The Morgan fingerprint density at radius 2 is 2.00 bits per heavy atom. The maximum Gasteiger partial charge on any atom is 0.419 e. The summed E-state index contributed by atoms with van der Waals surface area (Å²) < 4.78 is 63.5. The molecule has 0 saturated heterocycles. The van der Waals surface area contributed by atoms with Crippen molar-refractivity contribution in [2.24, 2.45) is 0 Å². The van der Waals surface area contributed by atoms with Crippen LogP contribution in [0.1, 0.15) is 22.0 Å². The van der Waals surface area contributed by atoms with Crippen LogP contribution in [0.2, 0.25) is 0 Å². The number of hydrogen-bond acceptors (Lipinski definition) is 6. The number of hydrogen-bond donors (Lipinski definition) is 1. The number of oxazole rings is 1. The number of fused-ring (bicyclic) bond motifs is 1. The Hall–Kier alpha value is -3.47. The number of aliphatic carboxylic acids is 1. The molecule has 6 nitrogen and oxygen atoms in total. The summed E-state index contributed by atoms with van der Waals surface area (Å²) in [7, 11) is 0. The van der Waals surface area contributed by atoms with Crippen molar-refractivity contribution in [3.63, 3.8) is 0 Å². The molecule has 11 heteroatoms. The van der Waals surface area contributed by atoms with E-state index in [-0.39, 0.29) is 24.5 Å². The average Bonchev–Trinajstić information content (AvgIpc) is 3.27. The zero-order valence-electron chi connectivity index (χ0n) is 16.4. The molecule has 4 rings (SSSR count). The first-order valence-corrected chi connectivity index (χ1v) is 10.00. The molecule has 0 aliphatic carbocycles. The smallest absolute Gasteiger partial charge is 0.419 e. The molecule has 0 saturated carbocycles. The molecule has 2 heterocycles. The number of carboxylic acid groups (broad SMARTS) is 1. The van der Waals surface area contributed by atoms with E-state index in [4.69, 9.17) is 14.3 Å². The van der Waals surface area contributed by atoms with Crippen LogP contribution in [0.5, 0.6) is 5.75 Å². The van der Waals surface area contributed by atoms with E-state index in [9.17, 15) is 22.4 Å². The lowest BCUT2D eigenvalue weighted by Gasteiger charge is -2.08. The van der Waals surface area contributed by atoms with Crippen LogP contribution in [0.4, 0.5) is 17.6 Å². The number of nitrogens with zero attached hydrogens (tertiary/aromatic N) is 2. The molecule has 0 aliphatic heterocycles. The average molecular weight is 466 g/mol. The number of para-hydroxylation sites is 1. The molecule has 1 N–H and O–H groups in total. The normalized spacial score (nSPS) is 11.8. The van der Waals surface area contributed by atoms with E-state index in [2.05, 4.69) is 9.97 Å². The Labute approximate surface area is 182 Å². The number of thiazole rings is 1. The second kappa shape index (κ2) is 8.23. The van der Waals surface area contributed by atoms with Gasteiger partial charge in [-0.2, -0.15) is 13.2 Å². The highest BCUT2D eigenvalue weighted by atomic mass is 32.1. The van der Waals surface area contributed by atoms with Crippen molar-refractivity contribution >= 4 is 28.4 Å². The lowest BCUT2D eigenvalue weighted by molar-refractivity contribution is -0.140. The van der Waals surface area contributed by atoms with E-state index in [1.54, 1.807) is 25.1 Å². The number of alkyl halides is 3. The fraction of sp³-hybridized carbons (Fsp3) is 0.190. The summed E-state index contributed by atoms with van der Waals surface area (Å²) in [5, 5.41) is 9.25. The summed E-state index contributed by atoms with van der Waals surface area (Å²) in [6.07, 6.45) is -5.14. The van der Waals surface area contributed by atoms with Gasteiger partial charge in [0.25, 0.3) is 0 Å². The molecule has 2 aromatic heterocycles. The molecule has 0 atom stereocenters. The van der Waals surface area contributed by atoms with Crippen molar-refractivity contribution in [2.75, 3.05) is 0 Å². The van der Waals surface area contributed by atoms with Gasteiger partial charge in [-0.1, -0.05) is 12.1 Å². The Balaban J connectivity index is 1.55. The molecule has 32 heavy (non-hydrogen) atoms. The molecular weight excluding hydrogens is 452 g/mol. The van der Waals surface area contributed by atoms with Crippen LogP contribution in [0, 0.1) is 12.7 Å². The number of halogens is 4. The predicted octanol–water partition coefficient (Wildman–Crippen LogP) is 5.62. The van der Waals surface area contributed by atoms with Gasteiger partial charge in [-0.25, -0.2) is 14.4 Å². The molecule has 0 spiro atoms. The van der Waals surface area contributed by atoms with Gasteiger partial charge in [0, 0.05) is 5.56 Å². The van der Waals surface area contributed by atoms with Crippen LogP contribution < -0.4 is 4.74 Å². The van der Waals surface area contributed by atoms with E-state index in [1.165, 1.54) is 6.07 Å². The Bertz CT molecular complexity index is 1310. The highest BCUT2D eigenvalue weighted by Gasteiger charge is 2.34. The SMILES string of the molecule is Cc1nc(-c2ccc(C(F)(F)F)c(F)c2)sc1COc1cccc2nc(CC(=O)O)oc12. The van der Waals surface area contributed by atoms with Crippen LogP contribution in [0.3, 0.4) is 0 Å². The molecule has 0 fully saturated rings. The zero-order valence-corrected chi connectivity index (χ0v) is 17.2. The summed E-state index contributed by atoms with van der Waals surface area (Å²) in [5.41, 5.74) is 0.226. The van der Waals surface area contributed by atoms with E-state index < -0.39 is 23.5 Å². The van der Waals surface area contributed by atoms with Gasteiger partial charge < -0.3 is 14.3 Å². The quantitative estimate of drug-likeness (QED) is 0.371. The van der Waals surface area contributed by atoms with Crippen LogP contribution in [0.25, 0.3) is 21.7 Å². The molecule has 0 bridgehead atoms. The number of aromatic nitrogens is 2. The van der Waals surface area contributed by atoms with Crippen molar-refractivity contribution in [3.05, 3.63) is 64.2 Å². The first-order chi connectivity index (χ1) is 15.1. The van der Waals surface area contributed by atoms with Crippen LogP contribution in [0.15, 0.2) is 40.8 Å². The van der Waals surface area contributed by atoms with Gasteiger partial charge in [0.05, 0.1) is 16.1 Å². The number of rotatable bonds is 6. The van der Waals surface area contributed by atoms with Gasteiger partial charge >= 0.3 is 12.1 Å². The molecule has 0 unspecified atom stereocenters. The third kappa shape index (κ3) is 4.42. The minimum Gasteiger partial charge on any atom is -0.484 e. The Morgan fingerprint density at radius 3 is 2.69 bits per heavy atom.